The highest BCUT2D eigenvalue weighted by Crippen LogP contribution is 2.26. The van der Waals surface area contributed by atoms with Gasteiger partial charge < -0.3 is 9.52 Å². The largest absolute Gasteiger partial charge is 0.480 e. The SMILES string of the molecule is CCc1c(O)oc(C)c1C. The fraction of sp³-hybridized carbons (Fsp3) is 0.500. The van der Waals surface area contributed by atoms with Crippen molar-refractivity contribution in [3.05, 3.63) is 16.9 Å². The van der Waals surface area contributed by atoms with Gasteiger partial charge in [-0.2, -0.15) is 0 Å². The minimum Gasteiger partial charge on any atom is -0.480 e. The second-order valence-electron chi connectivity index (χ2n) is 2.42. The van der Waals surface area contributed by atoms with Crippen molar-refractivity contribution in [3.63, 3.8) is 0 Å². The highest BCUT2D eigenvalue weighted by Gasteiger charge is 2.10. The van der Waals surface area contributed by atoms with Crippen LogP contribution in [0.1, 0.15) is 23.8 Å². The molecule has 1 rings (SSSR count). The van der Waals surface area contributed by atoms with Crippen molar-refractivity contribution < 1.29 is 9.52 Å². The summed E-state index contributed by atoms with van der Waals surface area (Å²) in [5.41, 5.74) is 2.00. The summed E-state index contributed by atoms with van der Waals surface area (Å²) in [6.45, 7) is 5.81. The van der Waals surface area contributed by atoms with Crippen LogP contribution < -0.4 is 0 Å². The molecule has 1 N–H and O–H groups in total. The van der Waals surface area contributed by atoms with Gasteiger partial charge in [0, 0.05) is 5.56 Å². The maximum absolute atomic E-state index is 9.15. The Kier molecular flexibility index (Phi) is 1.70. The molecule has 1 aromatic heterocycles. The lowest BCUT2D eigenvalue weighted by Gasteiger charge is -1.90. The molecule has 0 atom stereocenters. The van der Waals surface area contributed by atoms with E-state index in [4.69, 9.17) is 9.52 Å². The van der Waals surface area contributed by atoms with Crippen LogP contribution in [0.3, 0.4) is 0 Å². The van der Waals surface area contributed by atoms with Gasteiger partial charge in [-0.1, -0.05) is 6.92 Å². The van der Waals surface area contributed by atoms with Gasteiger partial charge in [0.05, 0.1) is 0 Å². The van der Waals surface area contributed by atoms with Gasteiger partial charge in [-0.3, -0.25) is 0 Å². The second kappa shape index (κ2) is 2.37. The van der Waals surface area contributed by atoms with Crippen molar-refractivity contribution in [3.8, 4) is 5.95 Å². The third-order valence-corrected chi connectivity index (χ3v) is 1.84. The Morgan fingerprint density at radius 3 is 2.20 bits per heavy atom. The first-order valence-electron chi connectivity index (χ1n) is 3.44. The Hall–Kier alpha value is -0.920. The standard InChI is InChI=1S/C8H12O2/c1-4-7-5(2)6(3)10-8(7)9/h9H,4H2,1-3H3. The van der Waals surface area contributed by atoms with Crippen LogP contribution in [0, 0.1) is 13.8 Å². The Morgan fingerprint density at radius 2 is 2.00 bits per heavy atom. The van der Waals surface area contributed by atoms with Crippen molar-refractivity contribution in [1.29, 1.82) is 0 Å². The number of rotatable bonds is 1. The zero-order valence-corrected chi connectivity index (χ0v) is 6.56. The Bertz CT molecular complexity index is 236. The van der Waals surface area contributed by atoms with Crippen LogP contribution in [0.25, 0.3) is 0 Å². The summed E-state index contributed by atoms with van der Waals surface area (Å²) in [6.07, 6.45) is 0.828. The molecule has 0 bridgehead atoms. The molecule has 0 aliphatic carbocycles. The van der Waals surface area contributed by atoms with E-state index in [0.717, 1.165) is 23.3 Å². The molecule has 10 heavy (non-hydrogen) atoms. The average Bonchev–Trinajstić information content (AvgIpc) is 2.09. The van der Waals surface area contributed by atoms with E-state index >= 15 is 0 Å². The van der Waals surface area contributed by atoms with E-state index in [1.165, 1.54) is 0 Å². The van der Waals surface area contributed by atoms with Gasteiger partial charge in [-0.05, 0) is 25.8 Å². The highest BCUT2D eigenvalue weighted by molar-refractivity contribution is 5.34. The molecule has 0 fully saturated rings. The first-order valence-corrected chi connectivity index (χ1v) is 3.44. The lowest BCUT2D eigenvalue weighted by Crippen LogP contribution is -1.80. The number of hydrogen-bond donors (Lipinski definition) is 1. The molecule has 0 aromatic carbocycles. The lowest BCUT2D eigenvalue weighted by atomic mass is 10.1. The summed E-state index contributed by atoms with van der Waals surface area (Å²) in [7, 11) is 0. The predicted octanol–water partition coefficient (Wildman–Crippen LogP) is 2.16. The first kappa shape index (κ1) is 7.19. The molecule has 2 nitrogen and oxygen atoms in total. The molecule has 0 saturated carbocycles. The van der Waals surface area contributed by atoms with Crippen molar-refractivity contribution in [2.75, 3.05) is 0 Å². The van der Waals surface area contributed by atoms with E-state index in [2.05, 4.69) is 0 Å². The maximum Gasteiger partial charge on any atom is 0.285 e. The number of hydrogen-bond acceptors (Lipinski definition) is 2. The molecule has 0 radical (unpaired) electrons. The van der Waals surface area contributed by atoms with E-state index in [9.17, 15) is 0 Å². The van der Waals surface area contributed by atoms with Crippen molar-refractivity contribution in [1.82, 2.24) is 0 Å². The van der Waals surface area contributed by atoms with Crippen molar-refractivity contribution in [2.45, 2.75) is 27.2 Å². The Labute approximate surface area is 60.5 Å². The van der Waals surface area contributed by atoms with Gasteiger partial charge in [0.15, 0.2) is 0 Å². The third-order valence-electron chi connectivity index (χ3n) is 1.84. The smallest absolute Gasteiger partial charge is 0.285 e. The van der Waals surface area contributed by atoms with Gasteiger partial charge in [-0.15, -0.1) is 0 Å². The molecule has 0 aliphatic heterocycles. The van der Waals surface area contributed by atoms with Crippen molar-refractivity contribution in [2.24, 2.45) is 0 Å². The van der Waals surface area contributed by atoms with Crippen LogP contribution in [0.15, 0.2) is 4.42 Å². The molecule has 0 aliphatic rings. The maximum atomic E-state index is 9.15. The van der Waals surface area contributed by atoms with Gasteiger partial charge in [-0.25, -0.2) is 0 Å². The molecule has 0 unspecified atom stereocenters. The quantitative estimate of drug-likeness (QED) is 0.648. The van der Waals surface area contributed by atoms with Crippen LogP contribution in [-0.2, 0) is 6.42 Å². The van der Waals surface area contributed by atoms with Crippen LogP contribution >= 0.6 is 0 Å². The third kappa shape index (κ3) is 0.897. The monoisotopic (exact) mass is 140 g/mol. The molecular formula is C8H12O2. The molecule has 1 aromatic rings. The highest BCUT2D eigenvalue weighted by atomic mass is 16.5. The Balaban J connectivity index is 3.20. The van der Waals surface area contributed by atoms with E-state index in [1.807, 2.05) is 20.8 Å². The summed E-state index contributed by atoms with van der Waals surface area (Å²) in [4.78, 5) is 0. The second-order valence-corrected chi connectivity index (χ2v) is 2.42. The lowest BCUT2D eigenvalue weighted by molar-refractivity contribution is 0.320. The van der Waals surface area contributed by atoms with Crippen LogP contribution in [0.5, 0.6) is 5.95 Å². The van der Waals surface area contributed by atoms with Gasteiger partial charge in [0.1, 0.15) is 5.76 Å². The van der Waals surface area contributed by atoms with Gasteiger partial charge in [0.2, 0.25) is 0 Å². The normalized spacial score (nSPS) is 10.3. The number of aromatic hydroxyl groups is 1. The van der Waals surface area contributed by atoms with E-state index in [0.29, 0.717) is 0 Å². The van der Waals surface area contributed by atoms with Crippen molar-refractivity contribution >= 4 is 0 Å². The summed E-state index contributed by atoms with van der Waals surface area (Å²) >= 11 is 0. The minimum atomic E-state index is 0.0810. The van der Waals surface area contributed by atoms with Crippen LogP contribution in [-0.4, -0.2) is 5.11 Å². The molecule has 0 amide bonds. The zero-order valence-electron chi connectivity index (χ0n) is 6.56. The first-order chi connectivity index (χ1) is 4.66. The topological polar surface area (TPSA) is 33.4 Å². The molecule has 2 heteroatoms. The number of aryl methyl sites for hydroxylation is 1. The fourth-order valence-corrected chi connectivity index (χ4v) is 1.07. The van der Waals surface area contributed by atoms with E-state index < -0.39 is 0 Å². The van der Waals surface area contributed by atoms with Crippen LogP contribution in [0.4, 0.5) is 0 Å². The van der Waals surface area contributed by atoms with E-state index in [1.54, 1.807) is 0 Å². The Morgan fingerprint density at radius 1 is 1.40 bits per heavy atom. The zero-order chi connectivity index (χ0) is 7.72. The summed E-state index contributed by atoms with van der Waals surface area (Å²) in [6, 6.07) is 0. The number of furan rings is 1. The molecule has 1 heterocycles. The van der Waals surface area contributed by atoms with Gasteiger partial charge >= 0.3 is 0 Å². The summed E-state index contributed by atoms with van der Waals surface area (Å²) < 4.78 is 4.99. The molecule has 0 spiro atoms. The molecule has 56 valence electrons. The molecule has 0 saturated heterocycles. The van der Waals surface area contributed by atoms with E-state index in [-0.39, 0.29) is 5.95 Å². The fourth-order valence-electron chi connectivity index (χ4n) is 1.07. The minimum absolute atomic E-state index is 0.0810. The summed E-state index contributed by atoms with van der Waals surface area (Å²) in [5.74, 6) is 0.895. The van der Waals surface area contributed by atoms with Gasteiger partial charge in [0.25, 0.3) is 5.95 Å². The average molecular weight is 140 g/mol. The molecular weight excluding hydrogens is 128 g/mol. The predicted molar refractivity (Wildman–Crippen MR) is 39.2 cm³/mol. The van der Waals surface area contributed by atoms with Crippen LogP contribution in [0.2, 0.25) is 0 Å². The summed E-state index contributed by atoms with van der Waals surface area (Å²) in [5, 5.41) is 9.15.